The quantitative estimate of drug-likeness (QED) is 0.270. The highest BCUT2D eigenvalue weighted by Gasteiger charge is 2.20. The molecule has 0 fully saturated rings. The van der Waals surface area contributed by atoms with Crippen molar-refractivity contribution >= 4 is 7.60 Å². The SMILES string of the molecule is CCCCCC#C/C(=C\P(=O)(OCC)OCC)CCCC. The average Bonchev–Trinajstić information content (AvgIpc) is 2.44. The van der Waals surface area contributed by atoms with Gasteiger partial charge in [-0.25, -0.2) is 0 Å². The minimum atomic E-state index is -3.14. The molecule has 0 heterocycles. The molecule has 122 valence electrons. The second-order valence-electron chi connectivity index (χ2n) is 4.89. The van der Waals surface area contributed by atoms with E-state index >= 15 is 0 Å². The van der Waals surface area contributed by atoms with Gasteiger partial charge in [0.15, 0.2) is 0 Å². The summed E-state index contributed by atoms with van der Waals surface area (Å²) in [6, 6.07) is 0. The van der Waals surface area contributed by atoms with Gasteiger partial charge in [-0.2, -0.15) is 0 Å². The minimum absolute atomic E-state index is 0.374. The molecule has 4 heteroatoms. The Kier molecular flexibility index (Phi) is 12.8. The van der Waals surface area contributed by atoms with Gasteiger partial charge in [-0.1, -0.05) is 45.0 Å². The molecule has 21 heavy (non-hydrogen) atoms. The summed E-state index contributed by atoms with van der Waals surface area (Å²) in [6.07, 6.45) is 7.38. The first-order valence-electron chi connectivity index (χ1n) is 8.21. The molecule has 0 rings (SSSR count). The number of unbranched alkanes of at least 4 members (excludes halogenated alkanes) is 4. The van der Waals surface area contributed by atoms with E-state index in [1.54, 1.807) is 5.82 Å². The summed E-state index contributed by atoms with van der Waals surface area (Å²) in [5.74, 6) is 7.98. The second-order valence-corrected chi connectivity index (χ2v) is 6.75. The molecule has 0 aliphatic carbocycles. The van der Waals surface area contributed by atoms with Gasteiger partial charge in [-0.3, -0.25) is 4.57 Å². The second kappa shape index (κ2) is 13.1. The van der Waals surface area contributed by atoms with Crippen molar-refractivity contribution in [3.63, 3.8) is 0 Å². The smallest absolute Gasteiger partial charge is 0.306 e. The predicted molar refractivity (Wildman–Crippen MR) is 90.4 cm³/mol. The summed E-state index contributed by atoms with van der Waals surface area (Å²) in [5, 5.41) is 0. The summed E-state index contributed by atoms with van der Waals surface area (Å²) in [7, 11) is -3.14. The van der Waals surface area contributed by atoms with E-state index < -0.39 is 7.60 Å². The van der Waals surface area contributed by atoms with Crippen LogP contribution in [-0.2, 0) is 13.6 Å². The molecule has 0 aliphatic rings. The molecule has 0 radical (unpaired) electrons. The van der Waals surface area contributed by atoms with Crippen molar-refractivity contribution in [3.8, 4) is 11.8 Å². The molecule has 3 nitrogen and oxygen atoms in total. The lowest BCUT2D eigenvalue weighted by atomic mass is 10.1. The highest BCUT2D eigenvalue weighted by molar-refractivity contribution is 7.57. The van der Waals surface area contributed by atoms with Crippen LogP contribution < -0.4 is 0 Å². The zero-order valence-electron chi connectivity index (χ0n) is 14.1. The van der Waals surface area contributed by atoms with Crippen LogP contribution in [0.25, 0.3) is 0 Å². The Morgan fingerprint density at radius 1 is 1.00 bits per heavy atom. The summed E-state index contributed by atoms with van der Waals surface area (Å²) in [5.41, 5.74) is 0.888. The molecule has 0 spiro atoms. The number of rotatable bonds is 11. The maximum atomic E-state index is 12.5. The topological polar surface area (TPSA) is 35.5 Å². The third-order valence-corrected chi connectivity index (χ3v) is 4.75. The van der Waals surface area contributed by atoms with Crippen molar-refractivity contribution in [3.05, 3.63) is 11.4 Å². The van der Waals surface area contributed by atoms with Gasteiger partial charge in [-0.05, 0) is 33.1 Å². The highest BCUT2D eigenvalue weighted by Crippen LogP contribution is 2.50. The molecule has 0 N–H and O–H groups in total. The molecule has 0 unspecified atom stereocenters. The van der Waals surface area contributed by atoms with E-state index in [0.717, 1.165) is 37.7 Å². The van der Waals surface area contributed by atoms with Gasteiger partial charge in [0.2, 0.25) is 0 Å². The van der Waals surface area contributed by atoms with Crippen molar-refractivity contribution < 1.29 is 13.6 Å². The van der Waals surface area contributed by atoms with Crippen LogP contribution in [0.4, 0.5) is 0 Å². The Balaban J connectivity index is 4.90. The van der Waals surface area contributed by atoms with Crippen molar-refractivity contribution in [2.75, 3.05) is 13.2 Å². The Morgan fingerprint density at radius 3 is 2.14 bits per heavy atom. The standard InChI is InChI=1S/C17H31O3P/c1-5-9-11-12-13-15-17(14-10-6-2)16-21(18,19-7-3)20-8-4/h16H,5-12,14H2,1-4H3/b17-16-. The summed E-state index contributed by atoms with van der Waals surface area (Å²) < 4.78 is 23.2. The van der Waals surface area contributed by atoms with Gasteiger partial charge >= 0.3 is 7.60 Å². The van der Waals surface area contributed by atoms with Gasteiger partial charge in [-0.15, -0.1) is 0 Å². The van der Waals surface area contributed by atoms with Crippen LogP contribution >= 0.6 is 7.60 Å². The molecule has 0 aliphatic heterocycles. The van der Waals surface area contributed by atoms with Crippen LogP contribution in [0.2, 0.25) is 0 Å². The van der Waals surface area contributed by atoms with Crippen LogP contribution in [0.1, 0.15) is 72.6 Å². The third-order valence-electron chi connectivity index (χ3n) is 2.89. The number of allylic oxidation sites excluding steroid dienone is 1. The molecule has 0 saturated heterocycles. The Bertz CT molecular complexity index is 381. The van der Waals surface area contributed by atoms with Crippen molar-refractivity contribution in [1.29, 1.82) is 0 Å². The van der Waals surface area contributed by atoms with Crippen LogP contribution in [0.3, 0.4) is 0 Å². The molecule has 0 atom stereocenters. The molecule has 0 aromatic rings. The first-order chi connectivity index (χ1) is 10.1. The normalized spacial score (nSPS) is 12.1. The third kappa shape index (κ3) is 10.8. The van der Waals surface area contributed by atoms with Crippen molar-refractivity contribution in [2.24, 2.45) is 0 Å². The Hall–Kier alpha value is -0.550. The van der Waals surface area contributed by atoms with Gasteiger partial charge in [0, 0.05) is 17.8 Å². The predicted octanol–water partition coefficient (Wildman–Crippen LogP) is 5.91. The lowest BCUT2D eigenvalue weighted by Crippen LogP contribution is -1.94. The first kappa shape index (κ1) is 20.5. The zero-order chi connectivity index (χ0) is 16.0. The van der Waals surface area contributed by atoms with E-state index in [1.165, 1.54) is 12.8 Å². The fourth-order valence-corrected chi connectivity index (χ4v) is 3.35. The summed E-state index contributed by atoms with van der Waals surface area (Å²) in [6.45, 7) is 8.71. The average molecular weight is 314 g/mol. The fourth-order valence-electron chi connectivity index (χ4n) is 1.83. The van der Waals surface area contributed by atoms with Gasteiger partial charge < -0.3 is 9.05 Å². The van der Waals surface area contributed by atoms with Gasteiger partial charge in [0.1, 0.15) is 0 Å². The largest absolute Gasteiger partial charge is 0.355 e. The lowest BCUT2D eigenvalue weighted by molar-refractivity contribution is 0.228. The number of hydrogen-bond acceptors (Lipinski definition) is 3. The molecule has 0 saturated carbocycles. The maximum absolute atomic E-state index is 12.5. The molecule has 0 aromatic heterocycles. The summed E-state index contributed by atoms with van der Waals surface area (Å²) in [4.78, 5) is 0. The summed E-state index contributed by atoms with van der Waals surface area (Å²) >= 11 is 0. The van der Waals surface area contributed by atoms with Crippen LogP contribution in [0.15, 0.2) is 11.4 Å². The van der Waals surface area contributed by atoms with E-state index in [4.69, 9.17) is 9.05 Å². The first-order valence-corrected chi connectivity index (χ1v) is 9.82. The van der Waals surface area contributed by atoms with Crippen LogP contribution in [0, 0.1) is 11.8 Å². The van der Waals surface area contributed by atoms with Gasteiger partial charge in [0.05, 0.1) is 13.2 Å². The zero-order valence-corrected chi connectivity index (χ0v) is 15.0. The lowest BCUT2D eigenvalue weighted by Gasteiger charge is -2.13. The number of hydrogen-bond donors (Lipinski definition) is 0. The molecular weight excluding hydrogens is 283 g/mol. The van der Waals surface area contributed by atoms with Gasteiger partial charge in [0.25, 0.3) is 0 Å². The highest BCUT2D eigenvalue weighted by atomic mass is 31.2. The van der Waals surface area contributed by atoms with E-state index in [1.807, 2.05) is 13.8 Å². The van der Waals surface area contributed by atoms with E-state index in [-0.39, 0.29) is 0 Å². The Morgan fingerprint density at radius 2 is 1.62 bits per heavy atom. The van der Waals surface area contributed by atoms with Crippen LogP contribution in [0.5, 0.6) is 0 Å². The molecule has 0 amide bonds. The van der Waals surface area contributed by atoms with E-state index in [0.29, 0.717) is 13.2 Å². The Labute approximate surface area is 131 Å². The fraction of sp³-hybridized carbons (Fsp3) is 0.765. The van der Waals surface area contributed by atoms with Crippen molar-refractivity contribution in [2.45, 2.75) is 72.6 Å². The van der Waals surface area contributed by atoms with E-state index in [9.17, 15) is 4.57 Å². The monoisotopic (exact) mass is 314 g/mol. The van der Waals surface area contributed by atoms with E-state index in [2.05, 4.69) is 25.7 Å². The van der Waals surface area contributed by atoms with Crippen molar-refractivity contribution in [1.82, 2.24) is 0 Å². The van der Waals surface area contributed by atoms with Crippen LogP contribution in [-0.4, -0.2) is 13.2 Å². The maximum Gasteiger partial charge on any atom is 0.355 e. The molecule has 0 bridgehead atoms. The molecular formula is C17H31O3P. The molecule has 0 aromatic carbocycles. The minimum Gasteiger partial charge on any atom is -0.306 e.